The molecule has 0 saturated carbocycles. The Kier molecular flexibility index (Phi) is 8.06. The zero-order valence-electron chi connectivity index (χ0n) is 24.1. The van der Waals surface area contributed by atoms with Gasteiger partial charge in [0.15, 0.2) is 5.60 Å². The number of hydrogen-bond acceptors (Lipinski definition) is 7. The zero-order chi connectivity index (χ0) is 30.2. The van der Waals surface area contributed by atoms with E-state index in [0.29, 0.717) is 53.3 Å². The first-order chi connectivity index (χ1) is 20.0. The van der Waals surface area contributed by atoms with Crippen molar-refractivity contribution in [2.24, 2.45) is 5.92 Å². The van der Waals surface area contributed by atoms with E-state index < -0.39 is 31.6 Å². The molecule has 2 aliphatic rings. The summed E-state index contributed by atoms with van der Waals surface area (Å²) in [6.45, 7) is 9.69. The van der Waals surface area contributed by atoms with Gasteiger partial charge in [-0.25, -0.2) is 0 Å². The summed E-state index contributed by atoms with van der Waals surface area (Å²) in [6, 6.07) is 11.9. The number of nitrogen functional groups attached to an aromatic ring is 1. The number of nitrogens with one attached hydrogen (secondary N) is 1. The third-order valence-corrected chi connectivity index (χ3v) is 10.8. The van der Waals surface area contributed by atoms with Gasteiger partial charge in [0.2, 0.25) is 8.41 Å². The molecule has 0 bridgehead atoms. The highest BCUT2D eigenvalue weighted by molar-refractivity contribution is 6.72. The van der Waals surface area contributed by atoms with Gasteiger partial charge < -0.3 is 29.9 Å². The largest absolute Gasteiger partial charge is 0.399 e. The number of fused-ring (bicyclic) bond motifs is 2. The molecular formula is C30H37FN6O4Si. The maximum Gasteiger partial charge on any atom is 0.264 e. The number of aromatic nitrogens is 3. The molecular weight excluding hydrogens is 555 g/mol. The van der Waals surface area contributed by atoms with Gasteiger partial charge in [-0.15, -0.1) is 11.7 Å². The number of ether oxygens (including phenoxy) is 1. The first kappa shape index (κ1) is 29.6. The van der Waals surface area contributed by atoms with Gasteiger partial charge in [0.25, 0.3) is 11.8 Å². The highest BCUT2D eigenvalue weighted by atomic mass is 28.4. The molecule has 2 amide bonds. The van der Waals surface area contributed by atoms with Crippen LogP contribution in [0.15, 0.2) is 61.3 Å². The number of carbonyl (C=O) groups is 2. The molecule has 0 unspecified atom stereocenters. The molecule has 4 N–H and O–H groups in total. The second-order valence-corrected chi connectivity index (χ2v) is 15.3. The summed E-state index contributed by atoms with van der Waals surface area (Å²) < 4.78 is 24.5. The Balaban J connectivity index is 1.50. The number of aryl methyl sites for hydroxylation is 1. The number of benzene rings is 2. The third-order valence-electron chi connectivity index (χ3n) is 8.30. The average Bonchev–Trinajstić information content (AvgIpc) is 3.58. The SMILES string of the molecule is C=CCN1C(=O)[C@@]2(O[C@@H](CCn3cc(CCO)nn3)[C@H]([Si](C)(C)F)[C@H]2C)c2cc(NC(=O)c3ccc(N)cc3)ccc21. The van der Waals surface area contributed by atoms with E-state index in [1.165, 1.54) is 0 Å². The molecule has 4 atom stereocenters. The maximum atomic E-state index is 16.1. The molecule has 1 fully saturated rings. The van der Waals surface area contributed by atoms with Crippen LogP contribution in [-0.2, 0) is 28.1 Å². The van der Waals surface area contributed by atoms with Crippen LogP contribution in [0, 0.1) is 5.92 Å². The van der Waals surface area contributed by atoms with E-state index in [2.05, 4.69) is 22.2 Å². The zero-order valence-corrected chi connectivity index (χ0v) is 25.1. The first-order valence-electron chi connectivity index (χ1n) is 14.1. The smallest absolute Gasteiger partial charge is 0.264 e. The number of halogens is 1. The lowest BCUT2D eigenvalue weighted by Crippen LogP contribution is -2.45. The summed E-state index contributed by atoms with van der Waals surface area (Å²) in [5.74, 6) is -1.05. The van der Waals surface area contributed by atoms with E-state index in [9.17, 15) is 14.7 Å². The van der Waals surface area contributed by atoms with Gasteiger partial charge in [-0.3, -0.25) is 14.3 Å². The highest BCUT2D eigenvalue weighted by Gasteiger charge is 2.66. The topological polar surface area (TPSA) is 136 Å². The van der Waals surface area contributed by atoms with E-state index in [0.717, 1.165) is 0 Å². The maximum absolute atomic E-state index is 16.1. The lowest BCUT2D eigenvalue weighted by atomic mass is 9.82. The summed E-state index contributed by atoms with van der Waals surface area (Å²) >= 11 is 0. The Hall–Kier alpha value is -3.87. The molecule has 3 heterocycles. The molecule has 12 heteroatoms. The lowest BCUT2D eigenvalue weighted by Gasteiger charge is -2.31. The van der Waals surface area contributed by atoms with E-state index in [1.807, 2.05) is 6.92 Å². The molecule has 2 aliphatic heterocycles. The van der Waals surface area contributed by atoms with Crippen LogP contribution in [0.3, 0.4) is 0 Å². The van der Waals surface area contributed by atoms with Crippen molar-refractivity contribution in [2.75, 3.05) is 29.1 Å². The second kappa shape index (κ2) is 11.4. The Labute approximate surface area is 245 Å². The van der Waals surface area contributed by atoms with Crippen molar-refractivity contribution in [1.82, 2.24) is 15.0 Å². The number of carbonyl (C=O) groups excluding carboxylic acids is 2. The van der Waals surface area contributed by atoms with Crippen LogP contribution >= 0.6 is 0 Å². The Morgan fingerprint density at radius 3 is 2.69 bits per heavy atom. The minimum atomic E-state index is -3.34. The number of rotatable bonds is 10. The minimum Gasteiger partial charge on any atom is -0.399 e. The van der Waals surface area contributed by atoms with Crippen molar-refractivity contribution >= 4 is 37.3 Å². The quantitative estimate of drug-likeness (QED) is 0.140. The van der Waals surface area contributed by atoms with E-state index in [1.54, 1.807) is 77.4 Å². The molecule has 5 rings (SSSR count). The predicted molar refractivity (Wildman–Crippen MR) is 161 cm³/mol. The van der Waals surface area contributed by atoms with Crippen molar-refractivity contribution in [3.63, 3.8) is 0 Å². The normalized spacial score (nSPS) is 23.4. The van der Waals surface area contributed by atoms with Gasteiger partial charge in [-0.2, -0.15) is 0 Å². The number of aliphatic hydroxyl groups excluding tert-OH is 1. The van der Waals surface area contributed by atoms with Crippen LogP contribution in [-0.4, -0.2) is 59.6 Å². The Bertz CT molecular complexity index is 1490. The summed E-state index contributed by atoms with van der Waals surface area (Å²) in [6.07, 6.45) is 3.68. The van der Waals surface area contributed by atoms with Gasteiger partial charge in [-0.1, -0.05) is 18.2 Å². The fourth-order valence-electron chi connectivity index (χ4n) is 6.48. The highest BCUT2D eigenvalue weighted by Crippen LogP contribution is 2.60. The molecule has 0 aliphatic carbocycles. The number of amides is 2. The Morgan fingerprint density at radius 2 is 2.02 bits per heavy atom. The number of anilines is 3. The van der Waals surface area contributed by atoms with Gasteiger partial charge in [0, 0.05) is 66.3 Å². The van der Waals surface area contributed by atoms with Crippen molar-refractivity contribution in [1.29, 1.82) is 0 Å². The molecule has 3 aromatic rings. The van der Waals surface area contributed by atoms with Gasteiger partial charge in [-0.05, 0) is 62.0 Å². The third kappa shape index (κ3) is 5.25. The molecule has 42 heavy (non-hydrogen) atoms. The monoisotopic (exact) mass is 592 g/mol. The molecule has 222 valence electrons. The summed E-state index contributed by atoms with van der Waals surface area (Å²) in [5, 5.41) is 20.3. The van der Waals surface area contributed by atoms with Crippen molar-refractivity contribution < 1.29 is 23.5 Å². The number of hydrogen-bond donors (Lipinski definition) is 3. The minimum absolute atomic E-state index is 0.0284. The van der Waals surface area contributed by atoms with Crippen LogP contribution < -0.4 is 16.0 Å². The fourth-order valence-corrected chi connectivity index (χ4v) is 9.02. The van der Waals surface area contributed by atoms with Gasteiger partial charge in [0.1, 0.15) is 0 Å². The lowest BCUT2D eigenvalue weighted by molar-refractivity contribution is -0.145. The number of nitrogens with zero attached hydrogens (tertiary/aromatic N) is 4. The van der Waals surface area contributed by atoms with E-state index in [4.69, 9.17) is 10.5 Å². The van der Waals surface area contributed by atoms with Crippen LogP contribution in [0.5, 0.6) is 0 Å². The van der Waals surface area contributed by atoms with E-state index in [-0.39, 0.29) is 25.0 Å². The number of nitrogens with two attached hydrogens (primary N) is 1. The van der Waals surface area contributed by atoms with Crippen LogP contribution in [0.2, 0.25) is 18.6 Å². The predicted octanol–water partition coefficient (Wildman–Crippen LogP) is 4.05. The molecule has 0 radical (unpaired) electrons. The Morgan fingerprint density at radius 1 is 1.29 bits per heavy atom. The van der Waals surface area contributed by atoms with Gasteiger partial charge in [0.05, 0.1) is 17.5 Å². The first-order valence-corrected chi connectivity index (χ1v) is 17.1. The molecule has 10 nitrogen and oxygen atoms in total. The summed E-state index contributed by atoms with van der Waals surface area (Å²) in [5.41, 5.74) is 7.27. The summed E-state index contributed by atoms with van der Waals surface area (Å²) in [4.78, 5) is 28.8. The standard InChI is InChI=1S/C30H37FN6O4Si/c1-5-14-37-25-11-10-22(33-28(39)20-6-8-21(32)9-7-20)17-24(25)30(29(37)40)19(2)27(42(3,4)31)26(41-30)12-15-36-18-23(13-16-38)34-35-36/h5-11,17-19,26-27,38H,1,12-16,32H2,2-4H3,(H,33,39)/t19-,26+,27-,30+/m1/s1. The van der Waals surface area contributed by atoms with Gasteiger partial charge >= 0.3 is 0 Å². The summed E-state index contributed by atoms with van der Waals surface area (Å²) in [7, 11) is -3.34. The van der Waals surface area contributed by atoms with Crippen LogP contribution in [0.4, 0.5) is 21.2 Å². The van der Waals surface area contributed by atoms with Crippen LogP contribution in [0.1, 0.15) is 35.0 Å². The van der Waals surface area contributed by atoms with Crippen molar-refractivity contribution in [3.05, 3.63) is 78.1 Å². The fraction of sp³-hybridized carbons (Fsp3) is 0.400. The molecule has 1 saturated heterocycles. The number of aliphatic hydroxyl groups is 1. The molecule has 1 spiro atoms. The second-order valence-electron chi connectivity index (χ2n) is 11.5. The molecule has 1 aromatic heterocycles. The average molecular weight is 593 g/mol. The van der Waals surface area contributed by atoms with Crippen molar-refractivity contribution in [2.45, 2.75) is 56.7 Å². The van der Waals surface area contributed by atoms with Crippen LogP contribution in [0.25, 0.3) is 0 Å². The van der Waals surface area contributed by atoms with E-state index >= 15 is 4.11 Å². The molecule has 2 aromatic carbocycles. The van der Waals surface area contributed by atoms with Crippen molar-refractivity contribution in [3.8, 4) is 0 Å².